The molecule has 0 radical (unpaired) electrons. The summed E-state index contributed by atoms with van der Waals surface area (Å²) in [5.41, 5.74) is -1.99. The minimum atomic E-state index is -5.05. The number of carbonyl (C=O) groups excluding carboxylic acids is 1. The number of hydrogen-bond acceptors (Lipinski definition) is 4. The minimum Gasteiger partial charge on any atom is -0.374 e. The zero-order valence-corrected chi connectivity index (χ0v) is 15.5. The van der Waals surface area contributed by atoms with Crippen LogP contribution >= 0.6 is 0 Å². The summed E-state index contributed by atoms with van der Waals surface area (Å²) in [5, 5.41) is 12.7. The van der Waals surface area contributed by atoms with Crippen molar-refractivity contribution in [2.75, 3.05) is 23.3 Å². The number of aromatic nitrogens is 2. The van der Waals surface area contributed by atoms with Gasteiger partial charge in [-0.1, -0.05) is 0 Å². The lowest BCUT2D eigenvalue weighted by Gasteiger charge is -2.29. The second-order valence-corrected chi connectivity index (χ2v) is 7.04. The average molecular weight is 396 g/mol. The molecule has 0 saturated carbocycles. The van der Waals surface area contributed by atoms with E-state index in [1.54, 1.807) is 12.1 Å². The van der Waals surface area contributed by atoms with Crippen molar-refractivity contribution in [3.8, 4) is 0 Å². The Morgan fingerprint density at radius 1 is 1.18 bits per heavy atom. The van der Waals surface area contributed by atoms with Gasteiger partial charge >= 0.3 is 6.18 Å². The first-order valence-corrected chi connectivity index (χ1v) is 9.12. The number of rotatable bonds is 5. The van der Waals surface area contributed by atoms with Crippen molar-refractivity contribution in [3.05, 3.63) is 42.5 Å². The van der Waals surface area contributed by atoms with Gasteiger partial charge in [-0.15, -0.1) is 0 Å². The fraction of sp³-hybridized carbons (Fsp3) is 0.474. The number of piperidine rings is 1. The molecular formula is C19H23F3N4O2. The largest absolute Gasteiger partial charge is 0.425 e. The lowest BCUT2D eigenvalue weighted by Crippen LogP contribution is -2.46. The van der Waals surface area contributed by atoms with Gasteiger partial charge in [-0.05, 0) is 43.5 Å². The molecule has 1 fully saturated rings. The molecular weight excluding hydrogens is 373 g/mol. The first-order valence-electron chi connectivity index (χ1n) is 9.12. The van der Waals surface area contributed by atoms with E-state index in [0.717, 1.165) is 42.4 Å². The molecule has 1 unspecified atom stereocenters. The number of aryl methyl sites for hydroxylation is 1. The van der Waals surface area contributed by atoms with Gasteiger partial charge in [0.1, 0.15) is 0 Å². The molecule has 6 nitrogen and oxygen atoms in total. The second-order valence-electron chi connectivity index (χ2n) is 7.04. The summed E-state index contributed by atoms with van der Waals surface area (Å²) in [6.07, 6.45) is -0.352. The van der Waals surface area contributed by atoms with Crippen molar-refractivity contribution in [1.82, 2.24) is 9.55 Å². The maximum absolute atomic E-state index is 13.5. The Hall–Kier alpha value is -2.55. The molecule has 0 spiro atoms. The maximum Gasteiger partial charge on any atom is 0.425 e. The predicted molar refractivity (Wildman–Crippen MR) is 98.9 cm³/mol. The van der Waals surface area contributed by atoms with Crippen molar-refractivity contribution in [2.45, 2.75) is 37.5 Å². The lowest BCUT2D eigenvalue weighted by atomic mass is 9.97. The van der Waals surface area contributed by atoms with E-state index in [9.17, 15) is 23.1 Å². The van der Waals surface area contributed by atoms with Crippen LogP contribution in [0.5, 0.6) is 0 Å². The topological polar surface area (TPSA) is 70.4 Å². The lowest BCUT2D eigenvalue weighted by molar-refractivity contribution is -0.270. The zero-order chi connectivity index (χ0) is 20.4. The van der Waals surface area contributed by atoms with Crippen LogP contribution in [0, 0.1) is 0 Å². The molecule has 152 valence electrons. The Kier molecular flexibility index (Phi) is 5.64. The van der Waals surface area contributed by atoms with Crippen LogP contribution in [0.15, 0.2) is 36.7 Å². The van der Waals surface area contributed by atoms with Crippen LogP contribution in [0.1, 0.15) is 31.5 Å². The number of carbonyl (C=O) groups is 1. The predicted octanol–water partition coefficient (Wildman–Crippen LogP) is 3.19. The van der Waals surface area contributed by atoms with Gasteiger partial charge in [-0.25, -0.2) is 4.98 Å². The normalized spacial score (nSPS) is 17.2. The number of nitrogens with zero attached hydrogens (tertiary/aromatic N) is 3. The highest BCUT2D eigenvalue weighted by Crippen LogP contribution is 2.40. The van der Waals surface area contributed by atoms with Gasteiger partial charge in [0.15, 0.2) is 5.82 Å². The van der Waals surface area contributed by atoms with Crippen molar-refractivity contribution in [1.29, 1.82) is 0 Å². The van der Waals surface area contributed by atoms with Crippen molar-refractivity contribution in [2.24, 2.45) is 7.05 Å². The highest BCUT2D eigenvalue weighted by atomic mass is 19.4. The van der Waals surface area contributed by atoms with Crippen LogP contribution in [0.2, 0.25) is 0 Å². The number of benzene rings is 1. The average Bonchev–Trinajstić information content (AvgIpc) is 3.08. The molecule has 0 aliphatic carbocycles. The van der Waals surface area contributed by atoms with Crippen molar-refractivity contribution < 1.29 is 23.1 Å². The zero-order valence-electron chi connectivity index (χ0n) is 15.5. The van der Waals surface area contributed by atoms with E-state index in [-0.39, 0.29) is 0 Å². The van der Waals surface area contributed by atoms with E-state index in [4.69, 9.17) is 0 Å². The highest BCUT2D eigenvalue weighted by Gasteiger charge is 2.58. The van der Waals surface area contributed by atoms with Crippen LogP contribution in [0.25, 0.3) is 0 Å². The van der Waals surface area contributed by atoms with Gasteiger partial charge in [-0.3, -0.25) is 4.79 Å². The molecule has 1 aliphatic rings. The van der Waals surface area contributed by atoms with Gasteiger partial charge in [0.05, 0.1) is 6.42 Å². The standard InChI is InChI=1S/C19H23F3N4O2/c1-25-12-9-23-17(25)18(28,19(20,21)22)13-16(27)24-14-5-7-15(8-6-14)26-10-3-2-4-11-26/h5-9,12,28H,2-4,10-11,13H2,1H3,(H,24,27). The first-order chi connectivity index (χ1) is 13.2. The van der Waals surface area contributed by atoms with Crippen LogP contribution in [0.3, 0.4) is 0 Å². The molecule has 1 aromatic carbocycles. The van der Waals surface area contributed by atoms with Crippen LogP contribution < -0.4 is 10.2 Å². The van der Waals surface area contributed by atoms with E-state index in [1.165, 1.54) is 19.7 Å². The monoisotopic (exact) mass is 396 g/mol. The third-order valence-electron chi connectivity index (χ3n) is 4.95. The van der Waals surface area contributed by atoms with E-state index >= 15 is 0 Å². The Morgan fingerprint density at radius 3 is 2.36 bits per heavy atom. The summed E-state index contributed by atoms with van der Waals surface area (Å²) in [5.74, 6) is -1.58. The number of hydrogen-bond donors (Lipinski definition) is 2. The Labute approximate surface area is 161 Å². The molecule has 28 heavy (non-hydrogen) atoms. The van der Waals surface area contributed by atoms with E-state index < -0.39 is 29.9 Å². The van der Waals surface area contributed by atoms with Crippen LogP contribution in [-0.2, 0) is 17.4 Å². The Balaban J connectivity index is 1.70. The third kappa shape index (κ3) is 4.14. The number of anilines is 2. The summed E-state index contributed by atoms with van der Waals surface area (Å²) < 4.78 is 41.6. The molecule has 9 heteroatoms. The maximum atomic E-state index is 13.5. The number of imidazole rings is 1. The number of amides is 1. The molecule has 1 aromatic heterocycles. The minimum absolute atomic E-state index is 0.370. The van der Waals surface area contributed by atoms with Gasteiger partial charge in [0, 0.05) is 43.9 Å². The molecule has 3 rings (SSSR count). The molecule has 2 aromatic rings. The smallest absolute Gasteiger partial charge is 0.374 e. The summed E-state index contributed by atoms with van der Waals surface area (Å²) in [6, 6.07) is 6.95. The second kappa shape index (κ2) is 7.83. The summed E-state index contributed by atoms with van der Waals surface area (Å²) in [6.45, 7) is 1.93. The molecule has 1 amide bonds. The summed E-state index contributed by atoms with van der Waals surface area (Å²) in [7, 11) is 1.33. The fourth-order valence-electron chi connectivity index (χ4n) is 3.42. The highest BCUT2D eigenvalue weighted by molar-refractivity contribution is 5.91. The van der Waals surface area contributed by atoms with Gasteiger partial charge in [-0.2, -0.15) is 13.2 Å². The summed E-state index contributed by atoms with van der Waals surface area (Å²) in [4.78, 5) is 18.1. The summed E-state index contributed by atoms with van der Waals surface area (Å²) >= 11 is 0. The molecule has 0 bridgehead atoms. The van der Waals surface area contributed by atoms with Gasteiger partial charge < -0.3 is 19.9 Å². The van der Waals surface area contributed by atoms with Crippen LogP contribution in [0.4, 0.5) is 24.5 Å². The number of alkyl halides is 3. The number of nitrogens with one attached hydrogen (secondary N) is 1. The van der Waals surface area contributed by atoms with Gasteiger partial charge in [0.2, 0.25) is 11.5 Å². The molecule has 1 atom stereocenters. The molecule has 1 aliphatic heterocycles. The quantitative estimate of drug-likeness (QED) is 0.815. The number of halogens is 3. The van der Waals surface area contributed by atoms with Crippen molar-refractivity contribution >= 4 is 17.3 Å². The van der Waals surface area contributed by atoms with E-state index in [2.05, 4.69) is 15.2 Å². The van der Waals surface area contributed by atoms with Crippen LogP contribution in [-0.4, -0.2) is 39.8 Å². The Bertz CT molecular complexity index is 813. The SMILES string of the molecule is Cn1ccnc1C(O)(CC(=O)Nc1ccc(N2CCCCC2)cc1)C(F)(F)F. The van der Waals surface area contributed by atoms with E-state index in [0.29, 0.717) is 5.69 Å². The first kappa shape index (κ1) is 20.2. The number of aliphatic hydroxyl groups is 1. The molecule has 2 N–H and O–H groups in total. The van der Waals surface area contributed by atoms with E-state index in [1.807, 2.05) is 12.1 Å². The molecule has 2 heterocycles. The molecule has 1 saturated heterocycles. The van der Waals surface area contributed by atoms with Gasteiger partial charge in [0.25, 0.3) is 0 Å². The third-order valence-corrected chi connectivity index (χ3v) is 4.95. The van der Waals surface area contributed by atoms with Crippen molar-refractivity contribution in [3.63, 3.8) is 0 Å². The Morgan fingerprint density at radius 2 is 1.82 bits per heavy atom. The fourth-order valence-corrected chi connectivity index (χ4v) is 3.42.